The molecule has 1 N–H and O–H groups in total. The number of hydrogen-bond acceptors (Lipinski definition) is 6. The lowest BCUT2D eigenvalue weighted by atomic mass is 10.1. The van der Waals surface area contributed by atoms with Gasteiger partial charge in [-0.2, -0.15) is 5.10 Å². The molecule has 1 aliphatic heterocycles. The Morgan fingerprint density at radius 3 is 2.58 bits per heavy atom. The van der Waals surface area contributed by atoms with Crippen molar-refractivity contribution in [1.82, 2.24) is 25.1 Å². The average Bonchev–Trinajstić information content (AvgIpc) is 3.17. The lowest BCUT2D eigenvalue weighted by molar-refractivity contribution is 0.246. The first-order valence-electron chi connectivity index (χ1n) is 8.75. The van der Waals surface area contributed by atoms with E-state index in [-0.39, 0.29) is 0 Å². The summed E-state index contributed by atoms with van der Waals surface area (Å²) in [5.41, 5.74) is 3.02. The van der Waals surface area contributed by atoms with Crippen molar-refractivity contribution in [2.45, 2.75) is 6.54 Å². The fourth-order valence-corrected chi connectivity index (χ4v) is 3.24. The van der Waals surface area contributed by atoms with E-state index in [9.17, 15) is 0 Å². The van der Waals surface area contributed by atoms with Crippen LogP contribution in [0.5, 0.6) is 5.75 Å². The summed E-state index contributed by atoms with van der Waals surface area (Å²) >= 11 is 0. The smallest absolute Gasteiger partial charge is 0.225 e. The number of nitrogens with one attached hydrogen (secondary N) is 1. The quantitative estimate of drug-likeness (QED) is 0.761. The van der Waals surface area contributed by atoms with E-state index in [4.69, 9.17) is 4.74 Å². The molecule has 1 aliphatic rings. The standard InChI is InChI=1S/C19H22N6O/c1-26-18-6-3-2-5-16(18)17-13-15(22-23-17)14-24-9-11-25(12-10-24)19-20-7-4-8-21-19/h2-8,13H,9-12,14H2,1H3,(H,22,23). The van der Waals surface area contributed by atoms with E-state index in [1.165, 1.54) is 0 Å². The number of ether oxygens (including phenoxy) is 1. The molecule has 0 radical (unpaired) electrons. The number of para-hydroxylation sites is 1. The minimum atomic E-state index is 0.812. The molecule has 1 aromatic carbocycles. The summed E-state index contributed by atoms with van der Waals surface area (Å²) < 4.78 is 5.43. The van der Waals surface area contributed by atoms with Gasteiger partial charge in [0.15, 0.2) is 0 Å². The molecule has 1 fully saturated rings. The van der Waals surface area contributed by atoms with Gasteiger partial charge in [-0.05, 0) is 24.3 Å². The normalized spacial score (nSPS) is 15.2. The van der Waals surface area contributed by atoms with Gasteiger partial charge in [0.1, 0.15) is 5.75 Å². The van der Waals surface area contributed by atoms with Crippen LogP contribution in [0.2, 0.25) is 0 Å². The summed E-state index contributed by atoms with van der Waals surface area (Å²) in [4.78, 5) is 13.3. The number of aromatic amines is 1. The van der Waals surface area contributed by atoms with Crippen LogP contribution in [0.4, 0.5) is 5.95 Å². The van der Waals surface area contributed by atoms with Crippen LogP contribution in [0.25, 0.3) is 11.3 Å². The third-order valence-corrected chi connectivity index (χ3v) is 4.62. The Morgan fingerprint density at radius 1 is 1.04 bits per heavy atom. The maximum Gasteiger partial charge on any atom is 0.225 e. The molecule has 26 heavy (non-hydrogen) atoms. The SMILES string of the molecule is COc1ccccc1-c1cc(CN2CCN(c3ncccn3)CC2)[nH]n1. The fourth-order valence-electron chi connectivity index (χ4n) is 3.24. The van der Waals surface area contributed by atoms with Gasteiger partial charge in [0, 0.05) is 56.4 Å². The van der Waals surface area contributed by atoms with Crippen molar-refractivity contribution in [2.24, 2.45) is 0 Å². The predicted molar refractivity (Wildman–Crippen MR) is 100 cm³/mol. The second-order valence-electron chi connectivity index (χ2n) is 6.29. The second-order valence-corrected chi connectivity index (χ2v) is 6.29. The minimum absolute atomic E-state index is 0.812. The van der Waals surface area contributed by atoms with Crippen LogP contribution in [0.1, 0.15) is 5.69 Å². The maximum atomic E-state index is 5.43. The fraction of sp³-hybridized carbons (Fsp3) is 0.316. The number of nitrogens with zero attached hydrogens (tertiary/aromatic N) is 5. The zero-order valence-corrected chi connectivity index (χ0v) is 14.8. The lowest BCUT2D eigenvalue weighted by Gasteiger charge is -2.34. The second kappa shape index (κ2) is 7.53. The predicted octanol–water partition coefficient (Wildman–Crippen LogP) is 2.20. The molecule has 7 heteroatoms. The van der Waals surface area contributed by atoms with Crippen LogP contribution in [-0.4, -0.2) is 58.4 Å². The van der Waals surface area contributed by atoms with Crippen molar-refractivity contribution in [1.29, 1.82) is 0 Å². The van der Waals surface area contributed by atoms with Gasteiger partial charge < -0.3 is 9.64 Å². The highest BCUT2D eigenvalue weighted by atomic mass is 16.5. The first kappa shape index (κ1) is 16.5. The van der Waals surface area contributed by atoms with Crippen molar-refractivity contribution in [3.05, 3.63) is 54.5 Å². The maximum absolute atomic E-state index is 5.43. The number of benzene rings is 1. The van der Waals surface area contributed by atoms with Gasteiger partial charge in [0.05, 0.1) is 12.8 Å². The summed E-state index contributed by atoms with van der Waals surface area (Å²) in [6, 6.07) is 11.9. The summed E-state index contributed by atoms with van der Waals surface area (Å²) in [5, 5.41) is 7.62. The average molecular weight is 350 g/mol. The Bertz CT molecular complexity index is 842. The molecular weight excluding hydrogens is 328 g/mol. The van der Waals surface area contributed by atoms with Gasteiger partial charge in [0.25, 0.3) is 0 Å². The Balaban J connectivity index is 1.38. The number of methoxy groups -OCH3 is 1. The van der Waals surface area contributed by atoms with Gasteiger partial charge in [-0.1, -0.05) is 12.1 Å². The summed E-state index contributed by atoms with van der Waals surface area (Å²) in [6.45, 7) is 4.66. The van der Waals surface area contributed by atoms with E-state index in [2.05, 4.69) is 36.0 Å². The number of anilines is 1. The van der Waals surface area contributed by atoms with Crippen molar-refractivity contribution in [2.75, 3.05) is 38.2 Å². The third-order valence-electron chi connectivity index (χ3n) is 4.62. The van der Waals surface area contributed by atoms with E-state index in [0.717, 1.165) is 61.4 Å². The van der Waals surface area contributed by atoms with Crippen LogP contribution in [0.3, 0.4) is 0 Å². The molecule has 0 saturated carbocycles. The summed E-state index contributed by atoms with van der Waals surface area (Å²) in [5.74, 6) is 1.65. The molecule has 0 bridgehead atoms. The topological polar surface area (TPSA) is 70.2 Å². The molecule has 7 nitrogen and oxygen atoms in total. The zero-order valence-electron chi connectivity index (χ0n) is 14.8. The lowest BCUT2D eigenvalue weighted by Crippen LogP contribution is -2.46. The summed E-state index contributed by atoms with van der Waals surface area (Å²) in [6.07, 6.45) is 3.58. The molecule has 0 atom stereocenters. The molecule has 0 unspecified atom stereocenters. The molecule has 3 heterocycles. The van der Waals surface area contributed by atoms with E-state index in [1.54, 1.807) is 19.5 Å². The highest BCUT2D eigenvalue weighted by Gasteiger charge is 2.19. The molecule has 0 amide bonds. The largest absolute Gasteiger partial charge is 0.496 e. The van der Waals surface area contributed by atoms with Crippen molar-refractivity contribution in [3.63, 3.8) is 0 Å². The molecule has 4 rings (SSSR count). The number of rotatable bonds is 5. The molecule has 1 saturated heterocycles. The van der Waals surface area contributed by atoms with Crippen LogP contribution in [0.15, 0.2) is 48.8 Å². The molecule has 0 spiro atoms. The molecule has 0 aliphatic carbocycles. The Labute approximate surface area is 152 Å². The van der Waals surface area contributed by atoms with Crippen LogP contribution in [0, 0.1) is 0 Å². The zero-order chi connectivity index (χ0) is 17.8. The van der Waals surface area contributed by atoms with Gasteiger partial charge in [0.2, 0.25) is 5.95 Å². The van der Waals surface area contributed by atoms with Crippen LogP contribution >= 0.6 is 0 Å². The number of aromatic nitrogens is 4. The van der Waals surface area contributed by atoms with E-state index >= 15 is 0 Å². The molecule has 2 aromatic heterocycles. The van der Waals surface area contributed by atoms with E-state index < -0.39 is 0 Å². The molecule has 3 aromatic rings. The first-order chi connectivity index (χ1) is 12.8. The van der Waals surface area contributed by atoms with Gasteiger partial charge in [-0.3, -0.25) is 10.00 Å². The van der Waals surface area contributed by atoms with Crippen LogP contribution in [-0.2, 0) is 6.54 Å². The van der Waals surface area contributed by atoms with E-state index in [0.29, 0.717) is 0 Å². The van der Waals surface area contributed by atoms with Gasteiger partial charge in [-0.15, -0.1) is 0 Å². The highest BCUT2D eigenvalue weighted by molar-refractivity contribution is 5.67. The number of hydrogen-bond donors (Lipinski definition) is 1. The van der Waals surface area contributed by atoms with Crippen molar-refractivity contribution in [3.8, 4) is 17.0 Å². The highest BCUT2D eigenvalue weighted by Crippen LogP contribution is 2.28. The Morgan fingerprint density at radius 2 is 1.81 bits per heavy atom. The monoisotopic (exact) mass is 350 g/mol. The first-order valence-corrected chi connectivity index (χ1v) is 8.75. The molecular formula is C19H22N6O. The number of H-pyrrole nitrogens is 1. The summed E-state index contributed by atoms with van der Waals surface area (Å²) in [7, 11) is 1.68. The molecule has 134 valence electrons. The van der Waals surface area contributed by atoms with Gasteiger partial charge >= 0.3 is 0 Å². The number of piperazine rings is 1. The van der Waals surface area contributed by atoms with Crippen molar-refractivity contribution < 1.29 is 4.74 Å². The van der Waals surface area contributed by atoms with Crippen molar-refractivity contribution >= 4 is 5.95 Å². The van der Waals surface area contributed by atoms with E-state index in [1.807, 2.05) is 30.3 Å². The Kier molecular flexibility index (Phi) is 4.79. The van der Waals surface area contributed by atoms with Gasteiger partial charge in [-0.25, -0.2) is 9.97 Å². The van der Waals surface area contributed by atoms with Crippen LogP contribution < -0.4 is 9.64 Å². The minimum Gasteiger partial charge on any atom is -0.496 e. The Hall–Kier alpha value is -2.93. The third kappa shape index (κ3) is 3.52.